The molecule has 0 fully saturated rings. The summed E-state index contributed by atoms with van der Waals surface area (Å²) in [6, 6.07) is 9.05. The van der Waals surface area contributed by atoms with Crippen LogP contribution in [-0.2, 0) is 0 Å². The van der Waals surface area contributed by atoms with Crippen LogP contribution in [0.15, 0.2) is 42.9 Å². The number of anilines is 1. The van der Waals surface area contributed by atoms with E-state index in [0.717, 1.165) is 5.39 Å². The molecule has 0 aliphatic heterocycles. The first-order valence-corrected chi connectivity index (χ1v) is 6.95. The Kier molecular flexibility index (Phi) is 3.96. The second-order valence-corrected chi connectivity index (χ2v) is 4.60. The summed E-state index contributed by atoms with van der Waals surface area (Å²) in [6.45, 7) is 2.31. The van der Waals surface area contributed by atoms with E-state index in [-0.39, 0.29) is 17.4 Å². The number of hydrogen-bond acceptors (Lipinski definition) is 7. The van der Waals surface area contributed by atoms with E-state index in [9.17, 15) is 10.1 Å². The molecule has 3 aromatic rings. The van der Waals surface area contributed by atoms with Crippen LogP contribution in [-0.4, -0.2) is 26.4 Å². The molecular formula is C15H13N5O3. The molecule has 0 saturated carbocycles. The van der Waals surface area contributed by atoms with Crippen LogP contribution in [0, 0.1) is 10.1 Å². The van der Waals surface area contributed by atoms with Gasteiger partial charge in [-0.25, -0.2) is 4.98 Å². The molecule has 8 nitrogen and oxygen atoms in total. The van der Waals surface area contributed by atoms with E-state index in [4.69, 9.17) is 4.74 Å². The topological polar surface area (TPSA) is 103 Å². The minimum absolute atomic E-state index is 0.121. The summed E-state index contributed by atoms with van der Waals surface area (Å²) < 4.78 is 5.68. The molecule has 0 aliphatic carbocycles. The normalized spacial score (nSPS) is 10.5. The van der Waals surface area contributed by atoms with Crippen LogP contribution in [0.3, 0.4) is 0 Å². The van der Waals surface area contributed by atoms with Gasteiger partial charge in [0.05, 0.1) is 4.92 Å². The zero-order valence-electron chi connectivity index (χ0n) is 12.3. The number of nitro groups is 1. The zero-order chi connectivity index (χ0) is 16.2. The summed E-state index contributed by atoms with van der Waals surface area (Å²) in [5.74, 6) is 0.391. The standard InChI is InChI=1S/C15H13N5O3/c1-2-16-14-13(20(21)22)15(19-9-18-14)23-11-7-3-5-10-6-4-8-17-12(10)11/h3-9H,2H2,1H3,(H,16,18,19). The molecule has 3 rings (SSSR count). The molecule has 23 heavy (non-hydrogen) atoms. The van der Waals surface area contributed by atoms with E-state index >= 15 is 0 Å². The van der Waals surface area contributed by atoms with Crippen LogP contribution in [0.2, 0.25) is 0 Å². The Balaban J connectivity index is 2.09. The molecule has 0 spiro atoms. The van der Waals surface area contributed by atoms with Gasteiger partial charge in [0, 0.05) is 18.1 Å². The Bertz CT molecular complexity index is 863. The van der Waals surface area contributed by atoms with Crippen LogP contribution in [0.5, 0.6) is 11.6 Å². The van der Waals surface area contributed by atoms with E-state index in [1.807, 2.05) is 25.1 Å². The molecule has 0 amide bonds. The highest BCUT2D eigenvalue weighted by Gasteiger charge is 2.25. The summed E-state index contributed by atoms with van der Waals surface area (Å²) in [6.07, 6.45) is 2.85. The lowest BCUT2D eigenvalue weighted by Crippen LogP contribution is -2.06. The lowest BCUT2D eigenvalue weighted by molar-refractivity contribution is -0.385. The molecule has 0 saturated heterocycles. The number of pyridine rings is 1. The van der Waals surface area contributed by atoms with Crippen molar-refractivity contribution in [3.63, 3.8) is 0 Å². The predicted octanol–water partition coefficient (Wildman–Crippen LogP) is 3.16. The number of para-hydroxylation sites is 1. The van der Waals surface area contributed by atoms with Crippen molar-refractivity contribution in [3.05, 3.63) is 53.0 Å². The number of nitrogens with one attached hydrogen (secondary N) is 1. The maximum absolute atomic E-state index is 11.4. The Morgan fingerprint density at radius 3 is 2.83 bits per heavy atom. The number of nitrogens with zero attached hydrogens (tertiary/aromatic N) is 4. The van der Waals surface area contributed by atoms with E-state index in [1.165, 1.54) is 6.33 Å². The van der Waals surface area contributed by atoms with Crippen LogP contribution in [0.1, 0.15) is 6.92 Å². The van der Waals surface area contributed by atoms with Gasteiger partial charge in [-0.3, -0.25) is 15.1 Å². The zero-order valence-corrected chi connectivity index (χ0v) is 12.3. The highest BCUT2D eigenvalue weighted by molar-refractivity contribution is 5.84. The summed E-state index contributed by atoms with van der Waals surface area (Å²) in [7, 11) is 0. The van der Waals surface area contributed by atoms with E-state index < -0.39 is 4.92 Å². The molecule has 1 N–H and O–H groups in total. The third-order valence-electron chi connectivity index (χ3n) is 3.12. The summed E-state index contributed by atoms with van der Waals surface area (Å²) in [4.78, 5) is 22.9. The fourth-order valence-electron chi connectivity index (χ4n) is 2.16. The fourth-order valence-corrected chi connectivity index (χ4v) is 2.16. The molecule has 0 bridgehead atoms. The van der Waals surface area contributed by atoms with Gasteiger partial charge in [0.2, 0.25) is 5.82 Å². The van der Waals surface area contributed by atoms with Crippen molar-refractivity contribution in [3.8, 4) is 11.6 Å². The van der Waals surface area contributed by atoms with E-state index in [0.29, 0.717) is 17.8 Å². The van der Waals surface area contributed by atoms with Gasteiger partial charge >= 0.3 is 11.6 Å². The number of aromatic nitrogens is 3. The van der Waals surface area contributed by atoms with Crippen molar-refractivity contribution < 1.29 is 9.66 Å². The van der Waals surface area contributed by atoms with Gasteiger partial charge in [0.25, 0.3) is 0 Å². The van der Waals surface area contributed by atoms with Crippen LogP contribution < -0.4 is 10.1 Å². The van der Waals surface area contributed by atoms with E-state index in [2.05, 4.69) is 20.3 Å². The van der Waals surface area contributed by atoms with Gasteiger partial charge < -0.3 is 10.1 Å². The SMILES string of the molecule is CCNc1ncnc(Oc2cccc3cccnc23)c1[N+](=O)[O-]. The van der Waals surface area contributed by atoms with Gasteiger partial charge in [0.15, 0.2) is 5.75 Å². The number of ether oxygens (including phenoxy) is 1. The van der Waals surface area contributed by atoms with Crippen LogP contribution in [0.4, 0.5) is 11.5 Å². The molecule has 116 valence electrons. The predicted molar refractivity (Wildman–Crippen MR) is 84.7 cm³/mol. The van der Waals surface area contributed by atoms with Gasteiger partial charge in [-0.15, -0.1) is 0 Å². The van der Waals surface area contributed by atoms with Crippen LogP contribution in [0.25, 0.3) is 10.9 Å². The average molecular weight is 311 g/mol. The largest absolute Gasteiger partial charge is 0.431 e. The smallest absolute Gasteiger partial charge is 0.373 e. The molecule has 2 aromatic heterocycles. The lowest BCUT2D eigenvalue weighted by atomic mass is 10.2. The van der Waals surface area contributed by atoms with Crippen molar-refractivity contribution >= 4 is 22.4 Å². The number of fused-ring (bicyclic) bond motifs is 1. The third-order valence-corrected chi connectivity index (χ3v) is 3.12. The first kappa shape index (κ1) is 14.6. The highest BCUT2D eigenvalue weighted by Crippen LogP contribution is 2.35. The summed E-state index contributed by atoms with van der Waals surface area (Å²) in [5.41, 5.74) is 0.301. The molecular weight excluding hydrogens is 298 g/mol. The first-order chi connectivity index (χ1) is 11.2. The maximum atomic E-state index is 11.4. The Morgan fingerprint density at radius 2 is 2.04 bits per heavy atom. The summed E-state index contributed by atoms with van der Waals surface area (Å²) >= 11 is 0. The van der Waals surface area contributed by atoms with Gasteiger partial charge in [-0.05, 0) is 19.1 Å². The number of rotatable bonds is 5. The van der Waals surface area contributed by atoms with E-state index in [1.54, 1.807) is 18.3 Å². The van der Waals surface area contributed by atoms with Gasteiger partial charge in [0.1, 0.15) is 11.8 Å². The van der Waals surface area contributed by atoms with Crippen molar-refractivity contribution in [1.29, 1.82) is 0 Å². The first-order valence-electron chi connectivity index (χ1n) is 6.95. The monoisotopic (exact) mass is 311 g/mol. The molecule has 0 aliphatic rings. The number of hydrogen-bond donors (Lipinski definition) is 1. The van der Waals surface area contributed by atoms with Crippen molar-refractivity contribution in [1.82, 2.24) is 15.0 Å². The lowest BCUT2D eigenvalue weighted by Gasteiger charge is -2.09. The minimum atomic E-state index is -0.564. The van der Waals surface area contributed by atoms with Crippen molar-refractivity contribution in [2.24, 2.45) is 0 Å². The Labute approximate surface area is 131 Å². The minimum Gasteiger partial charge on any atom is -0.431 e. The van der Waals surface area contributed by atoms with Crippen molar-refractivity contribution in [2.75, 3.05) is 11.9 Å². The van der Waals surface area contributed by atoms with Crippen molar-refractivity contribution in [2.45, 2.75) is 6.92 Å². The molecule has 1 aromatic carbocycles. The number of benzene rings is 1. The average Bonchev–Trinajstić information content (AvgIpc) is 2.55. The highest BCUT2D eigenvalue weighted by atomic mass is 16.6. The maximum Gasteiger partial charge on any atom is 0.373 e. The van der Waals surface area contributed by atoms with Gasteiger partial charge in [-0.1, -0.05) is 18.2 Å². The fraction of sp³-hybridized carbons (Fsp3) is 0.133. The molecule has 2 heterocycles. The van der Waals surface area contributed by atoms with Crippen LogP contribution >= 0.6 is 0 Å². The molecule has 0 atom stereocenters. The molecule has 0 unspecified atom stereocenters. The summed E-state index contributed by atoms with van der Waals surface area (Å²) in [5, 5.41) is 15.1. The third kappa shape index (κ3) is 2.86. The quantitative estimate of drug-likeness (QED) is 0.570. The van der Waals surface area contributed by atoms with Gasteiger partial charge in [-0.2, -0.15) is 4.98 Å². The molecule has 0 radical (unpaired) electrons. The Hall–Kier alpha value is -3.29. The Morgan fingerprint density at radius 1 is 1.22 bits per heavy atom. The molecule has 8 heteroatoms. The second-order valence-electron chi connectivity index (χ2n) is 4.60. The second kappa shape index (κ2) is 6.22.